The van der Waals surface area contributed by atoms with E-state index in [9.17, 15) is 4.79 Å². The zero-order chi connectivity index (χ0) is 18.7. The molecule has 2 aromatic rings. The second-order valence-electron chi connectivity index (χ2n) is 7.17. The highest BCUT2D eigenvalue weighted by Crippen LogP contribution is 2.34. The highest BCUT2D eigenvalue weighted by molar-refractivity contribution is 5.77. The number of carbonyl (C=O) groups excluding carboxylic acids is 1. The van der Waals surface area contributed by atoms with Crippen molar-refractivity contribution in [3.05, 3.63) is 42.2 Å². The van der Waals surface area contributed by atoms with Gasteiger partial charge in [-0.05, 0) is 18.4 Å². The lowest BCUT2D eigenvalue weighted by atomic mass is 9.88. The lowest BCUT2D eigenvalue weighted by Gasteiger charge is -2.38. The number of nitrogens with one attached hydrogen (secondary N) is 1. The first-order valence-corrected chi connectivity index (χ1v) is 9.03. The number of aryl methyl sites for hydroxylation is 1. The Labute approximate surface area is 155 Å². The second-order valence-corrected chi connectivity index (χ2v) is 7.17. The number of imidazole rings is 1. The highest BCUT2D eigenvalue weighted by atomic mass is 16.2. The van der Waals surface area contributed by atoms with E-state index < -0.39 is 0 Å². The number of amides is 1. The minimum Gasteiger partial charge on any atom is -0.377 e. The lowest BCUT2D eigenvalue weighted by molar-refractivity contribution is -0.137. The zero-order valence-electron chi connectivity index (χ0n) is 16.0. The first-order chi connectivity index (χ1) is 12.5. The Morgan fingerprint density at radius 1 is 1.31 bits per heavy atom. The molecule has 0 radical (unpaired) electrons. The standard InChI is InChI=1S/C19H28N6O/c1-23(2)16-7-8-20-12-15(16)13-21-11-14-5-6-17(26)25(4)18(14)19-22-9-10-24(19)3/h7-10,12,14,18,21H,5-6,11,13H2,1-4H3/t14-,18+/m1/s1. The Balaban J connectivity index is 1.70. The number of pyridine rings is 1. The van der Waals surface area contributed by atoms with Crippen LogP contribution in [0.2, 0.25) is 0 Å². The average Bonchev–Trinajstić information content (AvgIpc) is 3.04. The summed E-state index contributed by atoms with van der Waals surface area (Å²) in [6.07, 6.45) is 8.94. The van der Waals surface area contributed by atoms with E-state index in [1.165, 1.54) is 11.3 Å². The van der Waals surface area contributed by atoms with Crippen LogP contribution in [0.3, 0.4) is 0 Å². The summed E-state index contributed by atoms with van der Waals surface area (Å²) < 4.78 is 2.01. The molecule has 3 heterocycles. The van der Waals surface area contributed by atoms with Crippen molar-refractivity contribution in [1.82, 2.24) is 24.8 Å². The van der Waals surface area contributed by atoms with Gasteiger partial charge in [-0.15, -0.1) is 0 Å². The van der Waals surface area contributed by atoms with Crippen molar-refractivity contribution in [1.29, 1.82) is 0 Å². The molecule has 1 saturated heterocycles. The van der Waals surface area contributed by atoms with Gasteiger partial charge in [0, 0.05) is 83.7 Å². The molecule has 0 bridgehead atoms. The van der Waals surface area contributed by atoms with Gasteiger partial charge < -0.3 is 19.7 Å². The summed E-state index contributed by atoms with van der Waals surface area (Å²) in [6, 6.07) is 2.03. The minimum absolute atomic E-state index is 0.00553. The third-order valence-electron chi connectivity index (χ3n) is 5.19. The van der Waals surface area contributed by atoms with Crippen LogP contribution in [-0.4, -0.2) is 53.0 Å². The van der Waals surface area contributed by atoms with Crippen molar-refractivity contribution in [2.45, 2.75) is 25.4 Å². The van der Waals surface area contributed by atoms with Gasteiger partial charge in [0.05, 0.1) is 6.04 Å². The van der Waals surface area contributed by atoms with Crippen LogP contribution in [0, 0.1) is 5.92 Å². The summed E-state index contributed by atoms with van der Waals surface area (Å²) in [5, 5.41) is 3.57. The molecule has 1 N–H and O–H groups in total. The van der Waals surface area contributed by atoms with Crippen molar-refractivity contribution in [2.75, 3.05) is 32.6 Å². The fourth-order valence-corrected chi connectivity index (χ4v) is 3.76. The number of piperidine rings is 1. The van der Waals surface area contributed by atoms with Crippen molar-refractivity contribution in [3.8, 4) is 0 Å². The molecule has 0 saturated carbocycles. The van der Waals surface area contributed by atoms with Gasteiger partial charge >= 0.3 is 0 Å². The maximum atomic E-state index is 12.2. The van der Waals surface area contributed by atoms with Gasteiger partial charge in [-0.3, -0.25) is 9.78 Å². The SMILES string of the molecule is CN(C)c1ccncc1CNC[C@H]1CCC(=O)N(C)[C@@H]1c1nccn1C. The summed E-state index contributed by atoms with van der Waals surface area (Å²) >= 11 is 0. The Hall–Kier alpha value is -2.41. The van der Waals surface area contributed by atoms with E-state index in [1.807, 2.05) is 62.3 Å². The van der Waals surface area contributed by atoms with E-state index in [0.29, 0.717) is 12.3 Å². The highest BCUT2D eigenvalue weighted by Gasteiger charge is 2.36. The van der Waals surface area contributed by atoms with Crippen molar-refractivity contribution >= 4 is 11.6 Å². The van der Waals surface area contributed by atoms with Gasteiger partial charge in [-0.2, -0.15) is 0 Å². The van der Waals surface area contributed by atoms with Crippen LogP contribution in [0.1, 0.15) is 30.3 Å². The average molecular weight is 356 g/mol. The van der Waals surface area contributed by atoms with Gasteiger partial charge in [-0.1, -0.05) is 0 Å². The maximum absolute atomic E-state index is 12.2. The fourth-order valence-electron chi connectivity index (χ4n) is 3.76. The molecule has 0 aromatic carbocycles. The van der Waals surface area contributed by atoms with E-state index >= 15 is 0 Å². The second kappa shape index (κ2) is 7.86. The van der Waals surface area contributed by atoms with Crippen molar-refractivity contribution in [3.63, 3.8) is 0 Å². The third kappa shape index (κ3) is 3.72. The van der Waals surface area contributed by atoms with Gasteiger partial charge in [-0.25, -0.2) is 4.98 Å². The van der Waals surface area contributed by atoms with Crippen LogP contribution >= 0.6 is 0 Å². The quantitative estimate of drug-likeness (QED) is 0.851. The Morgan fingerprint density at radius 3 is 2.81 bits per heavy atom. The zero-order valence-corrected chi connectivity index (χ0v) is 16.0. The minimum atomic E-state index is 0.00553. The molecular formula is C19H28N6O. The van der Waals surface area contributed by atoms with Gasteiger partial charge in [0.2, 0.25) is 5.91 Å². The number of nitrogens with zero attached hydrogens (tertiary/aromatic N) is 5. The van der Waals surface area contributed by atoms with Gasteiger partial charge in [0.15, 0.2) is 0 Å². The first kappa shape index (κ1) is 18.4. The van der Waals surface area contributed by atoms with Crippen molar-refractivity contribution < 1.29 is 4.79 Å². The maximum Gasteiger partial charge on any atom is 0.222 e. The van der Waals surface area contributed by atoms with E-state index in [2.05, 4.69) is 20.2 Å². The molecule has 1 amide bonds. The predicted molar refractivity (Wildman–Crippen MR) is 102 cm³/mol. The van der Waals surface area contributed by atoms with E-state index in [-0.39, 0.29) is 11.9 Å². The molecule has 3 rings (SSSR count). The molecule has 2 atom stereocenters. The van der Waals surface area contributed by atoms with Gasteiger partial charge in [0.1, 0.15) is 5.82 Å². The fraction of sp³-hybridized carbons (Fsp3) is 0.526. The molecule has 1 aliphatic heterocycles. The number of anilines is 1. The molecule has 0 aliphatic carbocycles. The Kier molecular flexibility index (Phi) is 5.56. The van der Waals surface area contributed by atoms with E-state index in [4.69, 9.17) is 0 Å². The summed E-state index contributed by atoms with van der Waals surface area (Å²) in [6.45, 7) is 1.58. The normalized spacial score (nSPS) is 20.5. The Bertz CT molecular complexity index is 756. The number of hydrogen-bond acceptors (Lipinski definition) is 5. The summed E-state index contributed by atoms with van der Waals surface area (Å²) in [4.78, 5) is 24.9. The molecule has 26 heavy (non-hydrogen) atoms. The molecule has 7 nitrogen and oxygen atoms in total. The smallest absolute Gasteiger partial charge is 0.222 e. The molecule has 140 valence electrons. The van der Waals surface area contributed by atoms with Crippen LogP contribution in [0.25, 0.3) is 0 Å². The lowest BCUT2D eigenvalue weighted by Crippen LogP contribution is -2.44. The number of aromatic nitrogens is 3. The molecule has 2 aromatic heterocycles. The third-order valence-corrected chi connectivity index (χ3v) is 5.19. The van der Waals surface area contributed by atoms with Crippen LogP contribution in [-0.2, 0) is 18.4 Å². The molecule has 0 unspecified atom stereocenters. The number of likely N-dealkylation sites (tertiary alicyclic amines) is 1. The number of hydrogen-bond donors (Lipinski definition) is 1. The van der Waals surface area contributed by atoms with E-state index in [0.717, 1.165) is 25.3 Å². The van der Waals surface area contributed by atoms with Crippen molar-refractivity contribution in [2.24, 2.45) is 13.0 Å². The van der Waals surface area contributed by atoms with Crippen LogP contribution in [0.4, 0.5) is 5.69 Å². The molecule has 0 spiro atoms. The number of rotatable bonds is 6. The van der Waals surface area contributed by atoms with E-state index in [1.54, 1.807) is 6.20 Å². The number of carbonyl (C=O) groups is 1. The largest absolute Gasteiger partial charge is 0.377 e. The van der Waals surface area contributed by atoms with Crippen LogP contribution in [0.15, 0.2) is 30.9 Å². The molecule has 1 fully saturated rings. The monoisotopic (exact) mass is 356 g/mol. The summed E-state index contributed by atoms with van der Waals surface area (Å²) in [5.41, 5.74) is 2.34. The van der Waals surface area contributed by atoms with Crippen LogP contribution in [0.5, 0.6) is 0 Å². The first-order valence-electron chi connectivity index (χ1n) is 9.03. The topological polar surface area (TPSA) is 66.3 Å². The Morgan fingerprint density at radius 2 is 2.12 bits per heavy atom. The summed E-state index contributed by atoms with van der Waals surface area (Å²) in [5.74, 6) is 1.47. The summed E-state index contributed by atoms with van der Waals surface area (Å²) in [7, 11) is 7.95. The van der Waals surface area contributed by atoms with Gasteiger partial charge in [0.25, 0.3) is 0 Å². The molecular weight excluding hydrogens is 328 g/mol. The van der Waals surface area contributed by atoms with Crippen LogP contribution < -0.4 is 10.2 Å². The predicted octanol–water partition coefficient (Wildman–Crippen LogP) is 1.58. The molecule has 1 aliphatic rings. The molecule has 7 heteroatoms.